The summed E-state index contributed by atoms with van der Waals surface area (Å²) < 4.78 is 0. The third-order valence-electron chi connectivity index (χ3n) is 0.539. The molecule has 0 aromatic rings. The zero-order valence-electron chi connectivity index (χ0n) is 4.27. The van der Waals surface area contributed by atoms with E-state index in [1.54, 1.807) is 0 Å². The average molecular weight is 168 g/mol. The fourth-order valence-corrected chi connectivity index (χ4v) is 1.08. The van der Waals surface area contributed by atoms with E-state index in [9.17, 15) is 0 Å². The topological polar surface area (TPSA) is 3.24 Å². The van der Waals surface area contributed by atoms with Gasteiger partial charge in [0.2, 0.25) is 0 Å². The van der Waals surface area contributed by atoms with E-state index in [2.05, 4.69) is 38.8 Å². The van der Waals surface area contributed by atoms with E-state index >= 15 is 0 Å². The first-order chi connectivity index (χ1) is 2.77. The van der Waals surface area contributed by atoms with Gasteiger partial charge >= 0.3 is 50.2 Å². The number of rotatable bonds is 2. The minimum atomic E-state index is 1.21. The number of hydrogen-bond donors (Lipinski definition) is 0. The minimum absolute atomic E-state index is 1.21. The third kappa shape index (κ3) is 4.65. The molecule has 37 valence electrons. The monoisotopic (exact) mass is 170 g/mol. The van der Waals surface area contributed by atoms with Crippen molar-refractivity contribution >= 4 is 0 Å². The van der Waals surface area contributed by atoms with Gasteiger partial charge in [0, 0.05) is 0 Å². The standard InChI is InChI=1S/C4H10N.Mo/c1-4-5(2)3;/h1,4H2,2-3H3;. The Kier molecular flexibility index (Phi) is 4.24. The van der Waals surface area contributed by atoms with E-state index in [1.165, 1.54) is 11.4 Å². The molecule has 0 aliphatic carbocycles. The normalized spacial score (nSPS) is 9.83. The predicted molar refractivity (Wildman–Crippen MR) is 23.4 cm³/mol. The molecular formula is C4H10MoN. The summed E-state index contributed by atoms with van der Waals surface area (Å²) in [6, 6.07) is 0. The van der Waals surface area contributed by atoms with Crippen molar-refractivity contribution in [1.29, 1.82) is 0 Å². The Morgan fingerprint density at radius 1 is 1.50 bits per heavy atom. The van der Waals surface area contributed by atoms with Crippen LogP contribution in [0.2, 0.25) is 4.81 Å². The molecule has 0 saturated carbocycles. The fraction of sp³-hybridized carbons (Fsp3) is 1.00. The van der Waals surface area contributed by atoms with Crippen molar-refractivity contribution in [3.05, 3.63) is 0 Å². The van der Waals surface area contributed by atoms with Crippen molar-refractivity contribution in [3.8, 4) is 0 Å². The van der Waals surface area contributed by atoms with Gasteiger partial charge in [-0.15, -0.1) is 0 Å². The second-order valence-electron chi connectivity index (χ2n) is 1.51. The Bertz CT molecular complexity index is 28.7. The van der Waals surface area contributed by atoms with Crippen molar-refractivity contribution in [2.24, 2.45) is 0 Å². The van der Waals surface area contributed by atoms with Crippen LogP contribution in [0, 0.1) is 0 Å². The van der Waals surface area contributed by atoms with Crippen LogP contribution in [0.3, 0.4) is 0 Å². The third-order valence-corrected chi connectivity index (χ3v) is 0.987. The quantitative estimate of drug-likeness (QED) is 0.543. The Balaban J connectivity index is 2.63. The molecule has 0 spiro atoms. The summed E-state index contributed by atoms with van der Waals surface area (Å²) in [6.07, 6.45) is 0. The van der Waals surface area contributed by atoms with Crippen LogP contribution < -0.4 is 0 Å². The van der Waals surface area contributed by atoms with Gasteiger partial charge < -0.3 is 0 Å². The summed E-state index contributed by atoms with van der Waals surface area (Å²) in [7, 11) is 4.18. The first-order valence-electron chi connectivity index (χ1n) is 2.00. The molecule has 0 atom stereocenters. The molecule has 0 aromatic carbocycles. The molecule has 0 radical (unpaired) electrons. The first kappa shape index (κ1) is 6.65. The summed E-state index contributed by atoms with van der Waals surface area (Å²) in [5, 5.41) is 0. The van der Waals surface area contributed by atoms with Crippen LogP contribution in [0.15, 0.2) is 0 Å². The van der Waals surface area contributed by atoms with Gasteiger partial charge in [-0.25, -0.2) is 0 Å². The maximum absolute atomic E-state index is 2.18. The summed E-state index contributed by atoms with van der Waals surface area (Å²) in [6.45, 7) is 1.21. The van der Waals surface area contributed by atoms with Crippen LogP contribution in [0.5, 0.6) is 0 Å². The second kappa shape index (κ2) is 3.83. The maximum atomic E-state index is 2.18. The molecule has 0 aliphatic heterocycles. The summed E-state index contributed by atoms with van der Waals surface area (Å²) in [4.78, 5) is 3.45. The number of nitrogens with zero attached hydrogens (tertiary/aromatic N) is 1. The molecule has 0 unspecified atom stereocenters. The van der Waals surface area contributed by atoms with E-state index in [1.807, 2.05) is 0 Å². The molecule has 0 aliphatic rings. The van der Waals surface area contributed by atoms with Crippen molar-refractivity contribution in [2.45, 2.75) is 4.81 Å². The SMILES string of the molecule is CN(C)C[CH2][Mo]. The van der Waals surface area contributed by atoms with Crippen molar-refractivity contribution < 1.29 is 19.8 Å². The van der Waals surface area contributed by atoms with Gasteiger partial charge in [-0.1, -0.05) is 0 Å². The summed E-state index contributed by atoms with van der Waals surface area (Å²) in [5.74, 6) is 0. The zero-order chi connectivity index (χ0) is 4.99. The summed E-state index contributed by atoms with van der Waals surface area (Å²) in [5.41, 5.74) is 0. The summed E-state index contributed by atoms with van der Waals surface area (Å²) >= 11 is 2.12. The van der Waals surface area contributed by atoms with E-state index < -0.39 is 0 Å². The van der Waals surface area contributed by atoms with Crippen molar-refractivity contribution in [2.75, 3.05) is 20.6 Å². The van der Waals surface area contributed by atoms with Crippen LogP contribution in [-0.2, 0) is 19.8 Å². The van der Waals surface area contributed by atoms with Crippen molar-refractivity contribution in [3.63, 3.8) is 0 Å². The van der Waals surface area contributed by atoms with Crippen molar-refractivity contribution in [1.82, 2.24) is 4.90 Å². The Morgan fingerprint density at radius 2 is 2.00 bits per heavy atom. The Labute approximate surface area is 50.6 Å². The van der Waals surface area contributed by atoms with Crippen LogP contribution in [0.25, 0.3) is 0 Å². The molecule has 0 aromatic heterocycles. The van der Waals surface area contributed by atoms with Crippen LogP contribution in [0.4, 0.5) is 0 Å². The van der Waals surface area contributed by atoms with E-state index in [4.69, 9.17) is 0 Å². The van der Waals surface area contributed by atoms with Gasteiger partial charge in [0.25, 0.3) is 0 Å². The molecule has 0 bridgehead atoms. The molecule has 0 saturated heterocycles. The Hall–Kier alpha value is 0.648. The van der Waals surface area contributed by atoms with Gasteiger partial charge in [0.05, 0.1) is 0 Å². The molecule has 1 nitrogen and oxygen atoms in total. The zero-order valence-corrected chi connectivity index (χ0v) is 6.28. The predicted octanol–water partition coefficient (Wildman–Crippen LogP) is 0.513. The molecule has 0 amide bonds. The molecule has 0 heterocycles. The van der Waals surface area contributed by atoms with E-state index in [0.717, 1.165) is 0 Å². The van der Waals surface area contributed by atoms with Gasteiger partial charge in [0.15, 0.2) is 0 Å². The first-order valence-corrected chi connectivity index (χ1v) is 3.42. The van der Waals surface area contributed by atoms with Crippen LogP contribution in [-0.4, -0.2) is 25.5 Å². The van der Waals surface area contributed by atoms with Gasteiger partial charge in [0.1, 0.15) is 0 Å². The molecule has 6 heavy (non-hydrogen) atoms. The van der Waals surface area contributed by atoms with Gasteiger partial charge in [-0.3, -0.25) is 0 Å². The average Bonchev–Trinajstić information content (AvgIpc) is 1.35. The molecule has 0 fully saturated rings. The van der Waals surface area contributed by atoms with E-state index in [0.29, 0.717) is 0 Å². The van der Waals surface area contributed by atoms with Gasteiger partial charge in [-0.05, 0) is 0 Å². The van der Waals surface area contributed by atoms with Gasteiger partial charge in [-0.2, -0.15) is 0 Å². The van der Waals surface area contributed by atoms with Crippen LogP contribution in [0.1, 0.15) is 0 Å². The molecule has 0 N–H and O–H groups in total. The molecular weight excluding hydrogens is 158 g/mol. The van der Waals surface area contributed by atoms with Crippen LogP contribution >= 0.6 is 0 Å². The second-order valence-corrected chi connectivity index (χ2v) is 2.51. The Morgan fingerprint density at radius 3 is 2.00 bits per heavy atom. The molecule has 0 rings (SSSR count). The number of hydrogen-bond acceptors (Lipinski definition) is 1. The van der Waals surface area contributed by atoms with E-state index in [-0.39, 0.29) is 0 Å². The molecule has 2 heteroatoms. The fourth-order valence-electron chi connectivity index (χ4n) is 0.183.